The summed E-state index contributed by atoms with van der Waals surface area (Å²) in [5, 5.41) is 3.52. The standard InChI is InChI=1S/C21H22F3N5O3/c1-25-20(30)17-9-19(27-11-26-17)28-4-2-15(16(24)10-28)21(31)29-18(3-5-32-29)12-6-13(22)8-14(23)7-12/h6-9,11,15-16,18H,2-5,10H2,1H3,(H,25,30)/t15-,16+,18+/m1/s1. The summed E-state index contributed by atoms with van der Waals surface area (Å²) in [5.41, 5.74) is 0.422. The van der Waals surface area contributed by atoms with Crippen LogP contribution in [0.1, 0.15) is 34.9 Å². The van der Waals surface area contributed by atoms with Gasteiger partial charge in [-0.25, -0.2) is 28.2 Å². The minimum Gasteiger partial charge on any atom is -0.354 e. The van der Waals surface area contributed by atoms with Crippen LogP contribution >= 0.6 is 0 Å². The van der Waals surface area contributed by atoms with Gasteiger partial charge in [-0.05, 0) is 24.1 Å². The summed E-state index contributed by atoms with van der Waals surface area (Å²) >= 11 is 0. The number of rotatable bonds is 4. The fourth-order valence-corrected chi connectivity index (χ4v) is 4.08. The number of hydrogen-bond donors (Lipinski definition) is 1. The average molecular weight is 449 g/mol. The molecule has 1 aromatic carbocycles. The first-order valence-electron chi connectivity index (χ1n) is 10.2. The number of anilines is 1. The number of piperidine rings is 1. The maximum atomic E-state index is 15.1. The lowest BCUT2D eigenvalue weighted by Gasteiger charge is -2.36. The van der Waals surface area contributed by atoms with Gasteiger partial charge in [0, 0.05) is 32.1 Å². The summed E-state index contributed by atoms with van der Waals surface area (Å²) in [6.45, 7) is 0.412. The number of hydroxylamine groups is 2. The summed E-state index contributed by atoms with van der Waals surface area (Å²) in [6, 6.07) is 3.83. The van der Waals surface area contributed by atoms with Crippen molar-refractivity contribution in [2.45, 2.75) is 25.1 Å². The van der Waals surface area contributed by atoms with E-state index in [2.05, 4.69) is 15.3 Å². The highest BCUT2D eigenvalue weighted by Crippen LogP contribution is 2.35. The van der Waals surface area contributed by atoms with Gasteiger partial charge in [-0.1, -0.05) is 0 Å². The van der Waals surface area contributed by atoms with E-state index in [0.717, 1.165) is 23.3 Å². The van der Waals surface area contributed by atoms with Gasteiger partial charge in [-0.3, -0.25) is 14.4 Å². The molecule has 0 aliphatic carbocycles. The highest BCUT2D eigenvalue weighted by Gasteiger charge is 2.42. The normalized spacial score (nSPS) is 23.3. The molecule has 0 radical (unpaired) electrons. The minimum absolute atomic E-state index is 0.103. The van der Waals surface area contributed by atoms with E-state index in [4.69, 9.17) is 4.84 Å². The molecule has 2 aromatic rings. The molecule has 4 rings (SSSR count). The van der Waals surface area contributed by atoms with Crippen molar-refractivity contribution in [1.82, 2.24) is 20.3 Å². The molecule has 0 spiro atoms. The fourth-order valence-electron chi connectivity index (χ4n) is 4.08. The van der Waals surface area contributed by atoms with Crippen molar-refractivity contribution in [3.05, 3.63) is 53.5 Å². The number of amides is 2. The van der Waals surface area contributed by atoms with Crippen LogP contribution in [0.2, 0.25) is 0 Å². The van der Waals surface area contributed by atoms with Gasteiger partial charge in [-0.15, -0.1) is 0 Å². The van der Waals surface area contributed by atoms with Gasteiger partial charge in [0.15, 0.2) is 0 Å². The van der Waals surface area contributed by atoms with Gasteiger partial charge in [0.25, 0.3) is 11.8 Å². The first-order chi connectivity index (χ1) is 15.4. The number of hydrogen-bond acceptors (Lipinski definition) is 6. The van der Waals surface area contributed by atoms with Gasteiger partial charge in [0.1, 0.15) is 35.6 Å². The summed E-state index contributed by atoms with van der Waals surface area (Å²) in [7, 11) is 1.48. The van der Waals surface area contributed by atoms with E-state index >= 15 is 4.39 Å². The Kier molecular flexibility index (Phi) is 6.26. The van der Waals surface area contributed by atoms with Crippen LogP contribution in [0.5, 0.6) is 0 Å². The summed E-state index contributed by atoms with van der Waals surface area (Å²) in [4.78, 5) is 39.9. The Bertz CT molecular complexity index is 1000. The Hall–Kier alpha value is -3.21. The Morgan fingerprint density at radius 3 is 2.56 bits per heavy atom. The molecule has 3 atom stereocenters. The maximum Gasteiger partial charge on any atom is 0.269 e. The van der Waals surface area contributed by atoms with Crippen LogP contribution < -0.4 is 10.2 Å². The number of halogens is 3. The predicted octanol–water partition coefficient (Wildman–Crippen LogP) is 2.18. The molecule has 32 heavy (non-hydrogen) atoms. The Morgan fingerprint density at radius 1 is 1.12 bits per heavy atom. The number of nitrogens with zero attached hydrogens (tertiary/aromatic N) is 4. The zero-order valence-corrected chi connectivity index (χ0v) is 17.3. The predicted molar refractivity (Wildman–Crippen MR) is 107 cm³/mol. The molecule has 170 valence electrons. The molecular weight excluding hydrogens is 427 g/mol. The Labute approximate surface area is 182 Å². The number of benzene rings is 1. The van der Waals surface area contributed by atoms with Gasteiger partial charge in [0.2, 0.25) is 0 Å². The molecule has 8 nitrogen and oxygen atoms in total. The second kappa shape index (κ2) is 9.11. The summed E-state index contributed by atoms with van der Waals surface area (Å²) in [5.74, 6) is -3.03. The lowest BCUT2D eigenvalue weighted by molar-refractivity contribution is -0.184. The molecule has 2 amide bonds. The number of carbonyl (C=O) groups is 2. The number of aromatic nitrogens is 2. The van der Waals surface area contributed by atoms with E-state index in [1.165, 1.54) is 19.4 Å². The first-order valence-corrected chi connectivity index (χ1v) is 10.2. The highest BCUT2D eigenvalue weighted by molar-refractivity contribution is 5.92. The molecule has 1 aromatic heterocycles. The molecule has 2 fully saturated rings. The number of nitrogens with one attached hydrogen (secondary N) is 1. The molecule has 11 heteroatoms. The van der Waals surface area contributed by atoms with E-state index < -0.39 is 35.7 Å². The summed E-state index contributed by atoms with van der Waals surface area (Å²) < 4.78 is 42.4. The molecule has 2 aliphatic heterocycles. The van der Waals surface area contributed by atoms with Crippen LogP contribution in [-0.2, 0) is 9.63 Å². The van der Waals surface area contributed by atoms with Crippen molar-refractivity contribution in [2.24, 2.45) is 5.92 Å². The highest BCUT2D eigenvalue weighted by atomic mass is 19.1. The van der Waals surface area contributed by atoms with Gasteiger partial charge in [0.05, 0.1) is 25.1 Å². The van der Waals surface area contributed by atoms with Crippen molar-refractivity contribution in [3.8, 4) is 0 Å². The van der Waals surface area contributed by atoms with Gasteiger partial charge < -0.3 is 10.2 Å². The zero-order chi connectivity index (χ0) is 22.8. The molecule has 0 bridgehead atoms. The van der Waals surface area contributed by atoms with Crippen LogP contribution in [0.4, 0.5) is 19.0 Å². The molecule has 2 aliphatic rings. The van der Waals surface area contributed by atoms with Crippen molar-refractivity contribution >= 4 is 17.6 Å². The van der Waals surface area contributed by atoms with Gasteiger partial charge in [-0.2, -0.15) is 0 Å². The molecule has 2 saturated heterocycles. The average Bonchev–Trinajstić information content (AvgIpc) is 3.27. The Balaban J connectivity index is 1.46. The van der Waals surface area contributed by atoms with Crippen LogP contribution in [0.15, 0.2) is 30.6 Å². The van der Waals surface area contributed by atoms with E-state index in [-0.39, 0.29) is 36.7 Å². The number of carbonyl (C=O) groups excluding carboxylic acids is 2. The van der Waals surface area contributed by atoms with Crippen molar-refractivity contribution in [1.29, 1.82) is 0 Å². The molecule has 0 saturated carbocycles. The SMILES string of the molecule is CNC(=O)c1cc(N2CC[C@@H](C(=O)N3OCC[C@H]3c3cc(F)cc(F)c3)[C@@H](F)C2)ncn1. The second-order valence-electron chi connectivity index (χ2n) is 7.70. The van der Waals surface area contributed by atoms with E-state index in [0.29, 0.717) is 18.8 Å². The summed E-state index contributed by atoms with van der Waals surface area (Å²) in [6.07, 6.45) is 0.242. The first kappa shape index (κ1) is 22.0. The van der Waals surface area contributed by atoms with Gasteiger partial charge >= 0.3 is 0 Å². The smallest absolute Gasteiger partial charge is 0.269 e. The third kappa shape index (κ3) is 4.38. The topological polar surface area (TPSA) is 87.7 Å². The van der Waals surface area contributed by atoms with E-state index in [1.54, 1.807) is 4.90 Å². The second-order valence-corrected chi connectivity index (χ2v) is 7.70. The molecule has 1 N–H and O–H groups in total. The molecule has 3 heterocycles. The molecule has 0 unspecified atom stereocenters. The number of alkyl halides is 1. The van der Waals surface area contributed by atoms with Crippen molar-refractivity contribution in [3.63, 3.8) is 0 Å². The fraction of sp³-hybridized carbons (Fsp3) is 0.429. The quantitative estimate of drug-likeness (QED) is 0.770. The third-order valence-electron chi connectivity index (χ3n) is 5.69. The van der Waals surface area contributed by atoms with Crippen molar-refractivity contribution in [2.75, 3.05) is 31.6 Å². The monoisotopic (exact) mass is 449 g/mol. The van der Waals surface area contributed by atoms with E-state index in [1.807, 2.05) is 0 Å². The van der Waals surface area contributed by atoms with Crippen molar-refractivity contribution < 1.29 is 27.6 Å². The maximum absolute atomic E-state index is 15.1. The van der Waals surface area contributed by atoms with Crippen LogP contribution in [0.25, 0.3) is 0 Å². The lowest BCUT2D eigenvalue weighted by atomic mass is 9.92. The van der Waals surface area contributed by atoms with E-state index in [9.17, 15) is 18.4 Å². The molecular formula is C21H22F3N5O3. The largest absolute Gasteiger partial charge is 0.354 e. The minimum atomic E-state index is -1.52. The van der Waals surface area contributed by atoms with Crippen LogP contribution in [-0.4, -0.2) is 59.8 Å². The van der Waals surface area contributed by atoms with Crippen LogP contribution in [0, 0.1) is 17.6 Å². The Morgan fingerprint density at radius 2 is 1.88 bits per heavy atom. The third-order valence-corrected chi connectivity index (χ3v) is 5.69. The zero-order valence-electron chi connectivity index (χ0n) is 17.3. The lowest BCUT2D eigenvalue weighted by Crippen LogP contribution is -2.49. The van der Waals surface area contributed by atoms with Crippen LogP contribution in [0.3, 0.4) is 0 Å².